The van der Waals surface area contributed by atoms with E-state index in [-0.39, 0.29) is 11.4 Å². The maximum atomic E-state index is 13.2. The first-order valence-electron chi connectivity index (χ1n) is 6.82. The number of hydrogen-bond acceptors (Lipinski definition) is 4. The van der Waals surface area contributed by atoms with Crippen LogP contribution in [0.15, 0.2) is 35.2 Å². The van der Waals surface area contributed by atoms with Gasteiger partial charge in [-0.05, 0) is 56.2 Å². The van der Waals surface area contributed by atoms with Crippen LogP contribution in [-0.4, -0.2) is 20.1 Å². The topological polar surface area (TPSA) is 66.4 Å². The fraction of sp³-hybridized carbons (Fsp3) is 0.333. The summed E-state index contributed by atoms with van der Waals surface area (Å²) in [5.74, 6) is -0.428. The number of rotatable bonds is 6. The van der Waals surface area contributed by atoms with Crippen LogP contribution in [0.2, 0.25) is 0 Å². The zero-order chi connectivity index (χ0) is 16.3. The van der Waals surface area contributed by atoms with Crippen LogP contribution in [0.5, 0.6) is 0 Å². The maximum absolute atomic E-state index is 13.2. The molecule has 0 bridgehead atoms. The molecule has 0 unspecified atom stereocenters. The third-order valence-electron chi connectivity index (χ3n) is 3.20. The molecule has 2 aromatic rings. The molecule has 2 N–H and O–H groups in total. The van der Waals surface area contributed by atoms with E-state index in [0.29, 0.717) is 12.0 Å². The molecule has 4 nitrogen and oxygen atoms in total. The molecule has 0 fully saturated rings. The highest BCUT2D eigenvalue weighted by Crippen LogP contribution is 2.23. The minimum absolute atomic E-state index is 0.0576. The first-order chi connectivity index (χ1) is 10.3. The summed E-state index contributed by atoms with van der Waals surface area (Å²) in [7, 11) is -3.64. The zero-order valence-electron chi connectivity index (χ0n) is 12.3. The van der Waals surface area contributed by atoms with Crippen molar-refractivity contribution in [1.29, 1.82) is 0 Å². The predicted octanol–water partition coefficient (Wildman–Crippen LogP) is 2.77. The number of halogens is 1. The van der Waals surface area contributed by atoms with E-state index < -0.39 is 21.9 Å². The molecule has 0 aliphatic heterocycles. The number of aliphatic hydroxyl groups is 1. The van der Waals surface area contributed by atoms with E-state index in [1.54, 1.807) is 6.92 Å². The molecule has 0 aliphatic rings. The number of sulfonamides is 1. The van der Waals surface area contributed by atoms with Gasteiger partial charge < -0.3 is 5.11 Å². The molecule has 22 heavy (non-hydrogen) atoms. The third kappa shape index (κ3) is 4.13. The van der Waals surface area contributed by atoms with Crippen LogP contribution in [-0.2, 0) is 16.4 Å². The Hall–Kier alpha value is -1.28. The molecule has 1 aromatic carbocycles. The van der Waals surface area contributed by atoms with Gasteiger partial charge in [-0.15, -0.1) is 11.3 Å². The van der Waals surface area contributed by atoms with Crippen LogP contribution in [0.3, 0.4) is 0 Å². The quantitative estimate of drug-likeness (QED) is 0.847. The molecular formula is C15H18FNO3S2. The Bertz CT molecular complexity index is 754. The van der Waals surface area contributed by atoms with E-state index in [2.05, 4.69) is 4.72 Å². The van der Waals surface area contributed by atoms with Crippen LogP contribution in [0.25, 0.3) is 0 Å². The minimum Gasteiger partial charge on any atom is -0.388 e. The number of aryl methyl sites for hydroxylation is 1. The summed E-state index contributed by atoms with van der Waals surface area (Å²) in [4.78, 5) is 1.91. The lowest BCUT2D eigenvalue weighted by Crippen LogP contribution is -2.26. The summed E-state index contributed by atoms with van der Waals surface area (Å²) < 4.78 is 40.0. The van der Waals surface area contributed by atoms with E-state index in [9.17, 15) is 17.9 Å². The molecule has 7 heteroatoms. The molecule has 0 saturated heterocycles. The van der Waals surface area contributed by atoms with Crippen molar-refractivity contribution < 1.29 is 17.9 Å². The monoisotopic (exact) mass is 343 g/mol. The third-order valence-corrected chi connectivity index (χ3v) is 5.97. The summed E-state index contributed by atoms with van der Waals surface area (Å²) in [5, 5.41) is 9.46. The van der Waals surface area contributed by atoms with Crippen molar-refractivity contribution in [3.63, 3.8) is 0 Å². The number of thiophene rings is 1. The van der Waals surface area contributed by atoms with Crippen molar-refractivity contribution in [2.75, 3.05) is 6.54 Å². The lowest BCUT2D eigenvalue weighted by Gasteiger charge is -2.07. The second-order valence-electron chi connectivity index (χ2n) is 5.04. The molecule has 0 aliphatic carbocycles. The predicted molar refractivity (Wildman–Crippen MR) is 85.0 cm³/mol. The second-order valence-corrected chi connectivity index (χ2v) is 8.01. The van der Waals surface area contributed by atoms with Gasteiger partial charge in [0, 0.05) is 16.3 Å². The highest BCUT2D eigenvalue weighted by atomic mass is 32.2. The van der Waals surface area contributed by atoms with Crippen molar-refractivity contribution in [3.8, 4) is 0 Å². The van der Waals surface area contributed by atoms with Gasteiger partial charge in [-0.3, -0.25) is 0 Å². The van der Waals surface area contributed by atoms with Crippen LogP contribution in [0.4, 0.5) is 4.39 Å². The van der Waals surface area contributed by atoms with Gasteiger partial charge in [-0.2, -0.15) is 0 Å². The van der Waals surface area contributed by atoms with E-state index in [0.717, 1.165) is 15.8 Å². The van der Waals surface area contributed by atoms with Crippen LogP contribution < -0.4 is 4.72 Å². The number of benzene rings is 1. The average Bonchev–Trinajstić information content (AvgIpc) is 2.90. The SMILES string of the molecule is Cc1cc(S(=O)(=O)NCCc2ccc([C@@H](C)O)s2)ccc1F. The zero-order valence-corrected chi connectivity index (χ0v) is 14.0. The molecule has 1 heterocycles. The van der Waals surface area contributed by atoms with Gasteiger partial charge in [0.25, 0.3) is 0 Å². The highest BCUT2D eigenvalue weighted by Gasteiger charge is 2.15. The van der Waals surface area contributed by atoms with Crippen molar-refractivity contribution in [2.45, 2.75) is 31.3 Å². The second kappa shape index (κ2) is 6.87. The lowest BCUT2D eigenvalue weighted by atomic mass is 10.2. The van der Waals surface area contributed by atoms with E-state index in [1.165, 1.54) is 30.4 Å². The fourth-order valence-electron chi connectivity index (χ4n) is 1.93. The van der Waals surface area contributed by atoms with Gasteiger partial charge in [0.2, 0.25) is 10.0 Å². The van der Waals surface area contributed by atoms with E-state index in [4.69, 9.17) is 0 Å². The van der Waals surface area contributed by atoms with Gasteiger partial charge in [-0.1, -0.05) is 0 Å². The van der Waals surface area contributed by atoms with Gasteiger partial charge >= 0.3 is 0 Å². The maximum Gasteiger partial charge on any atom is 0.240 e. The van der Waals surface area contributed by atoms with Gasteiger partial charge in [0.15, 0.2) is 0 Å². The number of nitrogens with one attached hydrogen (secondary N) is 1. The molecule has 120 valence electrons. The number of aliphatic hydroxyl groups excluding tert-OH is 1. The minimum atomic E-state index is -3.64. The smallest absolute Gasteiger partial charge is 0.240 e. The highest BCUT2D eigenvalue weighted by molar-refractivity contribution is 7.89. The van der Waals surface area contributed by atoms with E-state index >= 15 is 0 Å². The number of hydrogen-bond donors (Lipinski definition) is 2. The average molecular weight is 343 g/mol. The first kappa shape index (κ1) is 17.1. The van der Waals surface area contributed by atoms with Crippen LogP contribution in [0, 0.1) is 12.7 Å². The Labute approximate surface area is 133 Å². The van der Waals surface area contributed by atoms with Crippen molar-refractivity contribution >= 4 is 21.4 Å². The standard InChI is InChI=1S/C15H18FNO3S2/c1-10-9-13(4-5-14(10)16)22(19,20)17-8-7-12-3-6-15(21-12)11(2)18/h3-6,9,11,17-18H,7-8H2,1-2H3/t11-/m1/s1. The van der Waals surface area contributed by atoms with Crippen LogP contribution in [0.1, 0.15) is 28.3 Å². The molecule has 0 spiro atoms. The Morgan fingerprint density at radius 1 is 1.32 bits per heavy atom. The first-order valence-corrected chi connectivity index (χ1v) is 9.12. The van der Waals surface area contributed by atoms with Crippen molar-refractivity contribution in [1.82, 2.24) is 4.72 Å². The Kier molecular flexibility index (Phi) is 5.33. The summed E-state index contributed by atoms with van der Waals surface area (Å²) in [6.07, 6.45) is 0.0224. The van der Waals surface area contributed by atoms with Gasteiger partial charge in [-0.25, -0.2) is 17.5 Å². The summed E-state index contributed by atoms with van der Waals surface area (Å²) in [6, 6.07) is 7.43. The summed E-state index contributed by atoms with van der Waals surface area (Å²) >= 11 is 1.46. The Balaban J connectivity index is 1.98. The fourth-order valence-corrected chi connectivity index (χ4v) is 4.00. The van der Waals surface area contributed by atoms with Crippen molar-refractivity contribution in [2.24, 2.45) is 0 Å². The Morgan fingerprint density at radius 3 is 2.64 bits per heavy atom. The van der Waals surface area contributed by atoms with Gasteiger partial charge in [0.05, 0.1) is 11.0 Å². The summed E-state index contributed by atoms with van der Waals surface area (Å²) in [6.45, 7) is 3.46. The van der Waals surface area contributed by atoms with Gasteiger partial charge in [0.1, 0.15) is 5.82 Å². The molecule has 0 saturated carbocycles. The molecule has 2 rings (SSSR count). The van der Waals surface area contributed by atoms with Crippen molar-refractivity contribution in [3.05, 3.63) is 51.5 Å². The molecule has 1 atom stereocenters. The summed E-state index contributed by atoms with van der Waals surface area (Å²) in [5.41, 5.74) is 0.294. The molecule has 0 amide bonds. The van der Waals surface area contributed by atoms with E-state index in [1.807, 2.05) is 12.1 Å². The largest absolute Gasteiger partial charge is 0.388 e. The van der Waals surface area contributed by atoms with Crippen LogP contribution >= 0.6 is 11.3 Å². The molecule has 1 aromatic heterocycles. The molecular weight excluding hydrogens is 325 g/mol. The normalized spacial score (nSPS) is 13.3. The lowest BCUT2D eigenvalue weighted by molar-refractivity contribution is 0.203. The Morgan fingerprint density at radius 2 is 2.05 bits per heavy atom. The molecule has 0 radical (unpaired) electrons.